The summed E-state index contributed by atoms with van der Waals surface area (Å²) in [4.78, 5) is 10.9. The van der Waals surface area contributed by atoms with Crippen LogP contribution in [0.4, 0.5) is 0 Å². The normalized spacial score (nSPS) is 32.2. The molecule has 2 nitrogen and oxygen atoms in total. The molecular formula is C11H18O2. The first-order valence-corrected chi connectivity index (χ1v) is 5.45. The molecule has 2 saturated carbocycles. The summed E-state index contributed by atoms with van der Waals surface area (Å²) in [5, 5.41) is 8.98. The molecule has 13 heavy (non-hydrogen) atoms. The van der Waals surface area contributed by atoms with E-state index in [1.165, 1.54) is 32.1 Å². The molecule has 2 aliphatic rings. The molecule has 2 fully saturated rings. The van der Waals surface area contributed by atoms with E-state index < -0.39 is 5.97 Å². The molecule has 0 amide bonds. The van der Waals surface area contributed by atoms with Gasteiger partial charge in [-0.05, 0) is 37.5 Å². The topological polar surface area (TPSA) is 37.3 Å². The minimum Gasteiger partial charge on any atom is -0.481 e. The molecule has 0 aromatic rings. The quantitative estimate of drug-likeness (QED) is 0.677. The van der Waals surface area contributed by atoms with E-state index in [9.17, 15) is 4.79 Å². The zero-order valence-corrected chi connectivity index (χ0v) is 8.09. The van der Waals surface area contributed by atoms with Crippen molar-refractivity contribution in [1.82, 2.24) is 0 Å². The van der Waals surface area contributed by atoms with Gasteiger partial charge in [0.1, 0.15) is 0 Å². The predicted octanol–water partition coefficient (Wildman–Crippen LogP) is 2.82. The Labute approximate surface area is 79.3 Å². The zero-order valence-electron chi connectivity index (χ0n) is 8.09. The lowest BCUT2D eigenvalue weighted by atomic mass is 9.68. The fourth-order valence-corrected chi connectivity index (χ4v) is 3.24. The van der Waals surface area contributed by atoms with Gasteiger partial charge in [-0.1, -0.05) is 19.3 Å². The van der Waals surface area contributed by atoms with Crippen molar-refractivity contribution < 1.29 is 9.90 Å². The Morgan fingerprint density at radius 2 is 1.77 bits per heavy atom. The minimum atomic E-state index is -0.564. The molecule has 0 aromatic carbocycles. The zero-order chi connectivity index (χ0) is 9.31. The first-order chi connectivity index (χ1) is 6.22. The maximum absolute atomic E-state index is 10.9. The fraction of sp³-hybridized carbons (Fsp3) is 0.909. The van der Waals surface area contributed by atoms with Gasteiger partial charge in [0.15, 0.2) is 0 Å². The van der Waals surface area contributed by atoms with E-state index in [4.69, 9.17) is 5.11 Å². The molecule has 74 valence electrons. The van der Waals surface area contributed by atoms with Crippen molar-refractivity contribution in [2.75, 3.05) is 0 Å². The summed E-state index contributed by atoms with van der Waals surface area (Å²) in [6.07, 6.45) is 9.53. The van der Waals surface area contributed by atoms with Crippen molar-refractivity contribution in [3.63, 3.8) is 0 Å². The van der Waals surface area contributed by atoms with Crippen molar-refractivity contribution in [2.45, 2.75) is 51.4 Å². The largest absolute Gasteiger partial charge is 0.481 e. The molecule has 1 N–H and O–H groups in total. The Hall–Kier alpha value is -0.530. The predicted molar refractivity (Wildman–Crippen MR) is 50.5 cm³/mol. The second-order valence-electron chi connectivity index (χ2n) is 4.84. The smallest absolute Gasteiger partial charge is 0.306 e. The van der Waals surface area contributed by atoms with Gasteiger partial charge in [0.2, 0.25) is 0 Å². The summed E-state index contributed by atoms with van der Waals surface area (Å²) in [6.45, 7) is 0. The fourth-order valence-electron chi connectivity index (χ4n) is 3.24. The van der Waals surface area contributed by atoms with Gasteiger partial charge in [0.25, 0.3) is 0 Å². The molecule has 2 heteroatoms. The monoisotopic (exact) mass is 182 g/mol. The minimum absolute atomic E-state index is 0.0353. The number of carboxylic acids is 1. The van der Waals surface area contributed by atoms with Crippen molar-refractivity contribution in [2.24, 2.45) is 11.3 Å². The number of hydrogen-bond donors (Lipinski definition) is 1. The van der Waals surface area contributed by atoms with E-state index in [0.717, 1.165) is 19.3 Å². The number of carbonyl (C=O) groups is 1. The summed E-state index contributed by atoms with van der Waals surface area (Å²) < 4.78 is 0. The number of aliphatic carboxylic acids is 1. The first kappa shape index (κ1) is 9.04. The molecule has 0 saturated heterocycles. The highest BCUT2D eigenvalue weighted by atomic mass is 16.4. The summed E-state index contributed by atoms with van der Waals surface area (Å²) in [7, 11) is 0. The van der Waals surface area contributed by atoms with E-state index in [1.807, 2.05) is 0 Å². The number of hydrogen-bond acceptors (Lipinski definition) is 1. The average molecular weight is 182 g/mol. The van der Waals surface area contributed by atoms with Crippen molar-refractivity contribution >= 4 is 5.97 Å². The third kappa shape index (κ3) is 1.72. The Kier molecular flexibility index (Phi) is 2.31. The number of carboxylic acid groups (broad SMARTS) is 1. The van der Waals surface area contributed by atoms with Crippen LogP contribution in [0.1, 0.15) is 51.4 Å². The summed E-state index contributed by atoms with van der Waals surface area (Å²) in [5.41, 5.74) is 0.446. The summed E-state index contributed by atoms with van der Waals surface area (Å²) in [6, 6.07) is 0. The van der Waals surface area contributed by atoms with Crippen LogP contribution in [0.5, 0.6) is 0 Å². The maximum atomic E-state index is 10.9. The number of rotatable bonds is 1. The molecule has 0 aliphatic heterocycles. The van der Waals surface area contributed by atoms with Gasteiger partial charge in [0.05, 0.1) is 5.92 Å². The molecule has 1 spiro atoms. The third-order valence-corrected chi connectivity index (χ3v) is 3.95. The lowest BCUT2D eigenvalue weighted by molar-refractivity contribution is -0.144. The molecular weight excluding hydrogens is 164 g/mol. The van der Waals surface area contributed by atoms with Gasteiger partial charge < -0.3 is 5.11 Å². The van der Waals surface area contributed by atoms with E-state index in [1.54, 1.807) is 0 Å². The van der Waals surface area contributed by atoms with Gasteiger partial charge in [-0.3, -0.25) is 4.79 Å². The van der Waals surface area contributed by atoms with Gasteiger partial charge in [-0.2, -0.15) is 0 Å². The van der Waals surface area contributed by atoms with E-state index in [2.05, 4.69) is 0 Å². The third-order valence-electron chi connectivity index (χ3n) is 3.95. The Morgan fingerprint density at radius 1 is 1.15 bits per heavy atom. The van der Waals surface area contributed by atoms with Gasteiger partial charge in [-0.15, -0.1) is 0 Å². The summed E-state index contributed by atoms with van der Waals surface area (Å²) in [5.74, 6) is -0.599. The lowest BCUT2D eigenvalue weighted by Gasteiger charge is -2.36. The molecule has 1 atom stereocenters. The maximum Gasteiger partial charge on any atom is 0.306 e. The molecule has 0 heterocycles. The van der Waals surface area contributed by atoms with Gasteiger partial charge in [0, 0.05) is 0 Å². The van der Waals surface area contributed by atoms with E-state index in [-0.39, 0.29) is 5.92 Å². The summed E-state index contributed by atoms with van der Waals surface area (Å²) >= 11 is 0. The van der Waals surface area contributed by atoms with Crippen LogP contribution in [-0.2, 0) is 4.79 Å². The van der Waals surface area contributed by atoms with Crippen molar-refractivity contribution in [3.05, 3.63) is 0 Å². The van der Waals surface area contributed by atoms with Gasteiger partial charge in [-0.25, -0.2) is 0 Å². The van der Waals surface area contributed by atoms with Crippen LogP contribution in [0.3, 0.4) is 0 Å². The molecule has 0 radical (unpaired) electrons. The van der Waals surface area contributed by atoms with Crippen LogP contribution >= 0.6 is 0 Å². The second-order valence-corrected chi connectivity index (χ2v) is 4.84. The van der Waals surface area contributed by atoms with Crippen LogP contribution in [-0.4, -0.2) is 11.1 Å². The van der Waals surface area contributed by atoms with Crippen LogP contribution in [0.2, 0.25) is 0 Å². The highest BCUT2D eigenvalue weighted by Crippen LogP contribution is 2.50. The van der Waals surface area contributed by atoms with Crippen LogP contribution in [0.15, 0.2) is 0 Å². The second kappa shape index (κ2) is 3.32. The Balaban J connectivity index is 2.02. The Bertz CT molecular complexity index is 204. The first-order valence-electron chi connectivity index (χ1n) is 5.45. The van der Waals surface area contributed by atoms with E-state index in [0.29, 0.717) is 5.41 Å². The SMILES string of the molecule is O=C(O)C1CCCC2(CCCC2)C1. The van der Waals surface area contributed by atoms with Crippen molar-refractivity contribution in [3.8, 4) is 0 Å². The Morgan fingerprint density at radius 3 is 2.38 bits per heavy atom. The molecule has 2 aliphatic carbocycles. The van der Waals surface area contributed by atoms with Crippen molar-refractivity contribution in [1.29, 1.82) is 0 Å². The average Bonchev–Trinajstić information content (AvgIpc) is 2.53. The van der Waals surface area contributed by atoms with Crippen LogP contribution in [0.25, 0.3) is 0 Å². The van der Waals surface area contributed by atoms with Gasteiger partial charge >= 0.3 is 5.97 Å². The molecule has 1 unspecified atom stereocenters. The van der Waals surface area contributed by atoms with Crippen LogP contribution in [0, 0.1) is 11.3 Å². The highest BCUT2D eigenvalue weighted by Gasteiger charge is 2.40. The molecule has 0 bridgehead atoms. The van der Waals surface area contributed by atoms with Crippen LogP contribution < -0.4 is 0 Å². The molecule has 0 aromatic heterocycles. The lowest BCUT2D eigenvalue weighted by Crippen LogP contribution is -2.29. The molecule has 2 rings (SSSR count). The van der Waals surface area contributed by atoms with E-state index >= 15 is 0 Å². The standard InChI is InChI=1S/C11H18O2/c12-10(13)9-4-3-7-11(8-9)5-1-2-6-11/h9H,1-8H2,(H,12,13). The highest BCUT2D eigenvalue weighted by molar-refractivity contribution is 5.70.